The number of ketones is 1. The van der Waals surface area contributed by atoms with Crippen LogP contribution in [0.5, 0.6) is 0 Å². The first-order valence-electron chi connectivity index (χ1n) is 5.23. The lowest BCUT2D eigenvalue weighted by atomic mass is 9.88. The summed E-state index contributed by atoms with van der Waals surface area (Å²) in [5, 5.41) is 0. The Kier molecular flexibility index (Phi) is 4.25. The molecule has 0 N–H and O–H groups in total. The summed E-state index contributed by atoms with van der Waals surface area (Å²) in [6.45, 7) is 6.06. The van der Waals surface area contributed by atoms with Gasteiger partial charge in [-0.3, -0.25) is 4.79 Å². The number of halogens is 2. The highest BCUT2D eigenvalue weighted by atomic mass is 79.9. The van der Waals surface area contributed by atoms with Crippen LogP contribution in [0.2, 0.25) is 0 Å². The van der Waals surface area contributed by atoms with Crippen molar-refractivity contribution in [2.75, 3.05) is 0 Å². The van der Waals surface area contributed by atoms with Crippen LogP contribution in [0.1, 0.15) is 32.8 Å². The SMILES string of the molecule is CC(C)(C)CC(=O)Cc1cc(F)ccc1Br. The van der Waals surface area contributed by atoms with Crippen LogP contribution in [0, 0.1) is 11.2 Å². The number of Topliss-reactive ketones (excluding diaryl/α,β-unsaturated/α-hetero) is 1. The zero-order valence-corrected chi connectivity index (χ0v) is 11.4. The predicted octanol–water partition coefficient (Wildman–Crippen LogP) is 4.14. The van der Waals surface area contributed by atoms with E-state index < -0.39 is 0 Å². The third-order valence-corrected chi connectivity index (χ3v) is 2.90. The summed E-state index contributed by atoms with van der Waals surface area (Å²) in [5.41, 5.74) is 0.700. The molecule has 0 unspecified atom stereocenters. The first kappa shape index (κ1) is 13.4. The van der Waals surface area contributed by atoms with Crippen molar-refractivity contribution < 1.29 is 9.18 Å². The molecule has 1 nitrogen and oxygen atoms in total. The maximum atomic E-state index is 13.0. The van der Waals surface area contributed by atoms with Crippen LogP contribution in [0.25, 0.3) is 0 Å². The van der Waals surface area contributed by atoms with Gasteiger partial charge in [0, 0.05) is 17.3 Å². The predicted molar refractivity (Wildman–Crippen MR) is 66.9 cm³/mol. The smallest absolute Gasteiger partial charge is 0.137 e. The molecule has 16 heavy (non-hydrogen) atoms. The topological polar surface area (TPSA) is 17.1 Å². The van der Waals surface area contributed by atoms with E-state index in [0.29, 0.717) is 12.0 Å². The highest BCUT2D eigenvalue weighted by Gasteiger charge is 2.17. The van der Waals surface area contributed by atoms with Crippen LogP contribution in [0.4, 0.5) is 4.39 Å². The van der Waals surface area contributed by atoms with E-state index in [1.54, 1.807) is 6.07 Å². The maximum absolute atomic E-state index is 13.0. The molecule has 1 aromatic rings. The number of hydrogen-bond acceptors (Lipinski definition) is 1. The van der Waals surface area contributed by atoms with E-state index in [2.05, 4.69) is 15.9 Å². The summed E-state index contributed by atoms with van der Waals surface area (Å²) in [4.78, 5) is 11.7. The molecule has 1 rings (SSSR count). The number of hydrogen-bond donors (Lipinski definition) is 0. The van der Waals surface area contributed by atoms with Crippen molar-refractivity contribution in [1.82, 2.24) is 0 Å². The second kappa shape index (κ2) is 5.09. The van der Waals surface area contributed by atoms with Gasteiger partial charge in [-0.25, -0.2) is 4.39 Å². The van der Waals surface area contributed by atoms with Gasteiger partial charge in [-0.15, -0.1) is 0 Å². The third kappa shape index (κ3) is 4.44. The molecule has 88 valence electrons. The largest absolute Gasteiger partial charge is 0.299 e. The van der Waals surface area contributed by atoms with Crippen molar-refractivity contribution in [2.24, 2.45) is 5.41 Å². The molecule has 3 heteroatoms. The van der Waals surface area contributed by atoms with Gasteiger partial charge in [0.2, 0.25) is 0 Å². The normalized spacial score (nSPS) is 11.6. The van der Waals surface area contributed by atoms with Crippen LogP contribution < -0.4 is 0 Å². The van der Waals surface area contributed by atoms with Crippen LogP contribution in [-0.2, 0) is 11.2 Å². The lowest BCUT2D eigenvalue weighted by Crippen LogP contribution is -2.14. The van der Waals surface area contributed by atoms with Crippen molar-refractivity contribution >= 4 is 21.7 Å². The van der Waals surface area contributed by atoms with Gasteiger partial charge < -0.3 is 0 Å². The average Bonchev–Trinajstić information content (AvgIpc) is 2.08. The van der Waals surface area contributed by atoms with Gasteiger partial charge in [-0.1, -0.05) is 36.7 Å². The second-order valence-electron chi connectivity index (χ2n) is 5.19. The molecule has 0 spiro atoms. The highest BCUT2D eigenvalue weighted by molar-refractivity contribution is 9.10. The molecule has 0 amide bonds. The van der Waals surface area contributed by atoms with E-state index >= 15 is 0 Å². The molecule has 0 fully saturated rings. The first-order valence-corrected chi connectivity index (χ1v) is 6.03. The summed E-state index contributed by atoms with van der Waals surface area (Å²) >= 11 is 3.32. The number of benzene rings is 1. The lowest BCUT2D eigenvalue weighted by molar-refractivity contribution is -0.120. The fourth-order valence-corrected chi connectivity index (χ4v) is 1.93. The standard InChI is InChI=1S/C13H16BrFO/c1-13(2,3)8-11(16)7-9-6-10(15)4-5-12(9)14/h4-6H,7-8H2,1-3H3. The van der Waals surface area contributed by atoms with Crippen LogP contribution in [-0.4, -0.2) is 5.78 Å². The number of rotatable bonds is 3. The molecule has 0 bridgehead atoms. The van der Waals surface area contributed by atoms with Crippen molar-refractivity contribution in [3.8, 4) is 0 Å². The van der Waals surface area contributed by atoms with Crippen molar-refractivity contribution in [3.05, 3.63) is 34.1 Å². The van der Waals surface area contributed by atoms with E-state index in [9.17, 15) is 9.18 Å². The molecule has 0 saturated heterocycles. The van der Waals surface area contributed by atoms with Crippen LogP contribution >= 0.6 is 15.9 Å². The molecule has 1 aromatic carbocycles. The summed E-state index contributed by atoms with van der Waals surface area (Å²) in [6, 6.07) is 4.42. The minimum atomic E-state index is -0.304. The Hall–Kier alpha value is -0.700. The minimum Gasteiger partial charge on any atom is -0.299 e. The monoisotopic (exact) mass is 286 g/mol. The molecule has 0 aliphatic heterocycles. The Morgan fingerprint density at radius 2 is 2.00 bits per heavy atom. The Morgan fingerprint density at radius 1 is 1.38 bits per heavy atom. The van der Waals surface area contributed by atoms with Gasteiger partial charge in [0.25, 0.3) is 0 Å². The van der Waals surface area contributed by atoms with Gasteiger partial charge in [0.05, 0.1) is 0 Å². The Bertz CT molecular complexity index is 393. The van der Waals surface area contributed by atoms with E-state index in [-0.39, 0.29) is 23.4 Å². The second-order valence-corrected chi connectivity index (χ2v) is 6.04. The molecule has 0 radical (unpaired) electrons. The molecule has 0 aliphatic rings. The summed E-state index contributed by atoms with van der Waals surface area (Å²) in [7, 11) is 0. The summed E-state index contributed by atoms with van der Waals surface area (Å²) in [5.74, 6) is -0.166. The molecule has 0 aromatic heterocycles. The van der Waals surface area contributed by atoms with Crippen molar-refractivity contribution in [1.29, 1.82) is 0 Å². The Labute approximate surface area is 104 Å². The van der Waals surface area contributed by atoms with Gasteiger partial charge in [0.1, 0.15) is 11.6 Å². The fraction of sp³-hybridized carbons (Fsp3) is 0.462. The highest BCUT2D eigenvalue weighted by Crippen LogP contribution is 2.23. The molecule has 0 saturated carbocycles. The molecular weight excluding hydrogens is 271 g/mol. The van der Waals surface area contributed by atoms with Crippen LogP contribution in [0.15, 0.2) is 22.7 Å². The number of carbonyl (C=O) groups excluding carboxylic acids is 1. The van der Waals surface area contributed by atoms with Crippen molar-refractivity contribution in [2.45, 2.75) is 33.6 Å². The maximum Gasteiger partial charge on any atom is 0.137 e. The van der Waals surface area contributed by atoms with Gasteiger partial charge in [-0.05, 0) is 29.2 Å². The zero-order chi connectivity index (χ0) is 12.3. The van der Waals surface area contributed by atoms with Gasteiger partial charge >= 0.3 is 0 Å². The molecule has 0 atom stereocenters. The summed E-state index contributed by atoms with van der Waals surface area (Å²) in [6.07, 6.45) is 0.797. The summed E-state index contributed by atoms with van der Waals surface area (Å²) < 4.78 is 13.8. The Balaban J connectivity index is 2.73. The fourth-order valence-electron chi connectivity index (χ4n) is 1.55. The third-order valence-electron chi connectivity index (χ3n) is 2.12. The first-order chi connectivity index (χ1) is 7.28. The number of carbonyl (C=O) groups is 1. The molecular formula is C13H16BrFO. The van der Waals surface area contributed by atoms with Gasteiger partial charge in [-0.2, -0.15) is 0 Å². The zero-order valence-electron chi connectivity index (χ0n) is 9.81. The lowest BCUT2D eigenvalue weighted by Gasteiger charge is -2.16. The van der Waals surface area contributed by atoms with Crippen LogP contribution in [0.3, 0.4) is 0 Å². The average molecular weight is 287 g/mol. The quantitative estimate of drug-likeness (QED) is 0.816. The minimum absolute atomic E-state index is 0.0170. The Morgan fingerprint density at radius 3 is 2.56 bits per heavy atom. The van der Waals surface area contributed by atoms with E-state index in [1.165, 1.54) is 12.1 Å². The molecule has 0 aliphatic carbocycles. The molecule has 0 heterocycles. The van der Waals surface area contributed by atoms with Gasteiger partial charge in [0.15, 0.2) is 0 Å². The van der Waals surface area contributed by atoms with E-state index in [1.807, 2.05) is 20.8 Å². The van der Waals surface area contributed by atoms with Crippen molar-refractivity contribution in [3.63, 3.8) is 0 Å². The van der Waals surface area contributed by atoms with E-state index in [0.717, 1.165) is 4.47 Å². The van der Waals surface area contributed by atoms with E-state index in [4.69, 9.17) is 0 Å².